The van der Waals surface area contributed by atoms with E-state index in [0.717, 1.165) is 12.5 Å². The molecule has 0 aromatic rings. The van der Waals surface area contributed by atoms with Crippen molar-refractivity contribution in [2.75, 3.05) is 27.2 Å². The van der Waals surface area contributed by atoms with Crippen LogP contribution in [0.4, 0.5) is 0 Å². The van der Waals surface area contributed by atoms with Gasteiger partial charge in [0.05, 0.1) is 5.41 Å². The number of carbonyl (C=O) groups is 1. The summed E-state index contributed by atoms with van der Waals surface area (Å²) in [5.74, 6) is 0.774. The topological polar surface area (TPSA) is 65.5 Å². The Balaban J connectivity index is 0. The molecule has 0 aliphatic carbocycles. The molecule has 0 atom stereocenters. The number of guanidine groups is 1. The van der Waals surface area contributed by atoms with Crippen LogP contribution in [0.2, 0.25) is 0 Å². The van der Waals surface area contributed by atoms with Crippen molar-refractivity contribution >= 4 is 35.8 Å². The lowest BCUT2D eigenvalue weighted by Gasteiger charge is -2.28. The highest BCUT2D eigenvalue weighted by Crippen LogP contribution is 2.22. The Morgan fingerprint density at radius 1 is 1.04 bits per heavy atom. The molecular formula is C17H37IN4O. The van der Waals surface area contributed by atoms with Crippen LogP contribution in [0.5, 0.6) is 0 Å². The molecule has 0 rings (SSSR count). The molecule has 3 N–H and O–H groups in total. The maximum absolute atomic E-state index is 11.8. The van der Waals surface area contributed by atoms with Crippen molar-refractivity contribution in [2.24, 2.45) is 15.8 Å². The summed E-state index contributed by atoms with van der Waals surface area (Å²) in [5, 5.41) is 9.31. The van der Waals surface area contributed by atoms with Gasteiger partial charge in [-0.05, 0) is 25.7 Å². The van der Waals surface area contributed by atoms with E-state index in [9.17, 15) is 4.79 Å². The predicted molar refractivity (Wildman–Crippen MR) is 111 cm³/mol. The van der Waals surface area contributed by atoms with E-state index in [1.165, 1.54) is 25.7 Å². The van der Waals surface area contributed by atoms with Crippen molar-refractivity contribution in [3.8, 4) is 0 Å². The van der Waals surface area contributed by atoms with Crippen LogP contribution in [0, 0.1) is 10.8 Å². The summed E-state index contributed by atoms with van der Waals surface area (Å²) in [6, 6.07) is 0. The Hall–Kier alpha value is -0.530. The van der Waals surface area contributed by atoms with Gasteiger partial charge >= 0.3 is 0 Å². The van der Waals surface area contributed by atoms with E-state index in [1.54, 1.807) is 14.1 Å². The highest BCUT2D eigenvalue weighted by molar-refractivity contribution is 14.0. The van der Waals surface area contributed by atoms with Crippen molar-refractivity contribution in [1.29, 1.82) is 0 Å². The van der Waals surface area contributed by atoms with Crippen LogP contribution in [0.3, 0.4) is 0 Å². The van der Waals surface area contributed by atoms with E-state index in [0.29, 0.717) is 6.54 Å². The average Bonchev–Trinajstić information content (AvgIpc) is 2.46. The second-order valence-electron chi connectivity index (χ2n) is 7.36. The van der Waals surface area contributed by atoms with Crippen molar-refractivity contribution in [2.45, 2.75) is 60.3 Å². The summed E-state index contributed by atoms with van der Waals surface area (Å²) in [5.41, 5.74) is -0.230. The Labute approximate surface area is 159 Å². The normalized spacial score (nSPS) is 12.4. The smallest absolute Gasteiger partial charge is 0.227 e. The lowest BCUT2D eigenvalue weighted by molar-refractivity contribution is -0.128. The third kappa shape index (κ3) is 10.8. The molecule has 0 fully saturated rings. The van der Waals surface area contributed by atoms with Gasteiger partial charge < -0.3 is 16.0 Å². The molecule has 6 heteroatoms. The highest BCUT2D eigenvalue weighted by atomic mass is 127. The van der Waals surface area contributed by atoms with Gasteiger partial charge in [-0.3, -0.25) is 9.79 Å². The van der Waals surface area contributed by atoms with Gasteiger partial charge in [0.15, 0.2) is 5.96 Å². The van der Waals surface area contributed by atoms with Crippen molar-refractivity contribution in [1.82, 2.24) is 16.0 Å². The summed E-state index contributed by atoms with van der Waals surface area (Å²) in [6.45, 7) is 12.0. The Kier molecular flexibility index (Phi) is 12.8. The number of hydrogen-bond donors (Lipinski definition) is 3. The molecule has 0 aromatic heterocycles. The summed E-state index contributed by atoms with van der Waals surface area (Å²) in [4.78, 5) is 16.0. The first kappa shape index (κ1) is 24.7. The number of carbonyl (C=O) groups excluding carboxylic acids is 1. The van der Waals surface area contributed by atoms with Crippen LogP contribution < -0.4 is 16.0 Å². The van der Waals surface area contributed by atoms with Crippen LogP contribution in [0.15, 0.2) is 4.99 Å². The highest BCUT2D eigenvalue weighted by Gasteiger charge is 2.27. The fraction of sp³-hybridized carbons (Fsp3) is 0.882. The van der Waals surface area contributed by atoms with Gasteiger partial charge in [0.1, 0.15) is 0 Å². The van der Waals surface area contributed by atoms with Crippen LogP contribution >= 0.6 is 24.0 Å². The number of rotatable bonds is 9. The molecule has 0 saturated heterocycles. The summed E-state index contributed by atoms with van der Waals surface area (Å²) in [7, 11) is 3.42. The van der Waals surface area contributed by atoms with Gasteiger partial charge in [-0.1, -0.05) is 40.0 Å². The van der Waals surface area contributed by atoms with E-state index in [1.807, 2.05) is 13.8 Å². The summed E-state index contributed by atoms with van der Waals surface area (Å²) >= 11 is 0. The Bertz CT molecular complexity index is 368. The zero-order chi connectivity index (χ0) is 17.2. The SMILES string of the molecule is CCCCCC(C)(C)CNC(=NC)NCC(C)(C)C(=O)NC.I. The molecule has 1 amide bonds. The number of nitrogens with zero attached hydrogens (tertiary/aromatic N) is 1. The molecule has 0 bridgehead atoms. The van der Waals surface area contributed by atoms with Crippen molar-refractivity contribution < 1.29 is 4.79 Å². The Morgan fingerprint density at radius 3 is 2.09 bits per heavy atom. The monoisotopic (exact) mass is 440 g/mol. The number of amides is 1. The minimum Gasteiger partial charge on any atom is -0.359 e. The molecular weight excluding hydrogens is 403 g/mol. The molecule has 0 unspecified atom stereocenters. The zero-order valence-corrected chi connectivity index (χ0v) is 18.3. The number of nitrogens with one attached hydrogen (secondary N) is 3. The molecule has 0 aliphatic heterocycles. The molecule has 0 spiro atoms. The minimum absolute atomic E-state index is 0. The average molecular weight is 440 g/mol. The van der Waals surface area contributed by atoms with Crippen molar-refractivity contribution in [3.63, 3.8) is 0 Å². The van der Waals surface area contributed by atoms with E-state index >= 15 is 0 Å². The molecule has 0 saturated carbocycles. The molecule has 0 aromatic carbocycles. The zero-order valence-electron chi connectivity index (χ0n) is 16.0. The van der Waals surface area contributed by atoms with Crippen LogP contribution in [0.25, 0.3) is 0 Å². The number of halogens is 1. The molecule has 23 heavy (non-hydrogen) atoms. The number of aliphatic imine (C=N–C) groups is 1. The van der Waals surface area contributed by atoms with Crippen LogP contribution in [-0.2, 0) is 4.79 Å². The molecule has 138 valence electrons. The van der Waals surface area contributed by atoms with E-state index in [2.05, 4.69) is 41.7 Å². The quantitative estimate of drug-likeness (QED) is 0.223. The van der Waals surface area contributed by atoms with Gasteiger partial charge in [-0.15, -0.1) is 24.0 Å². The predicted octanol–water partition coefficient (Wildman–Crippen LogP) is 3.15. The number of hydrogen-bond acceptors (Lipinski definition) is 2. The fourth-order valence-electron chi connectivity index (χ4n) is 2.21. The molecule has 0 aliphatic rings. The molecule has 5 nitrogen and oxygen atoms in total. The maximum Gasteiger partial charge on any atom is 0.227 e. The number of unbranched alkanes of at least 4 members (excludes halogenated alkanes) is 2. The minimum atomic E-state index is -0.469. The van der Waals surface area contributed by atoms with Gasteiger partial charge in [0.2, 0.25) is 5.91 Å². The standard InChI is InChI=1S/C17H36N4O.HI/c1-8-9-10-11-16(2,3)12-20-15(19-7)21-13-17(4,5)14(22)18-6;/h8-13H2,1-7H3,(H,18,22)(H2,19,20,21);1H. The first-order chi connectivity index (χ1) is 10.2. The van der Waals surface area contributed by atoms with Gasteiger partial charge in [-0.2, -0.15) is 0 Å². The largest absolute Gasteiger partial charge is 0.359 e. The lowest BCUT2D eigenvalue weighted by Crippen LogP contribution is -2.48. The van der Waals surface area contributed by atoms with E-state index in [-0.39, 0.29) is 35.3 Å². The molecule has 0 radical (unpaired) electrons. The fourth-order valence-corrected chi connectivity index (χ4v) is 2.21. The van der Waals surface area contributed by atoms with Gasteiger partial charge in [0.25, 0.3) is 0 Å². The van der Waals surface area contributed by atoms with Gasteiger partial charge in [-0.25, -0.2) is 0 Å². The third-order valence-electron chi connectivity index (χ3n) is 3.95. The van der Waals surface area contributed by atoms with Crippen molar-refractivity contribution in [3.05, 3.63) is 0 Å². The second kappa shape index (κ2) is 11.9. The van der Waals surface area contributed by atoms with E-state index in [4.69, 9.17) is 0 Å². The Morgan fingerprint density at radius 2 is 1.61 bits per heavy atom. The first-order valence-corrected chi connectivity index (χ1v) is 8.35. The summed E-state index contributed by atoms with van der Waals surface area (Å²) < 4.78 is 0. The van der Waals surface area contributed by atoms with Crippen LogP contribution in [0.1, 0.15) is 60.3 Å². The first-order valence-electron chi connectivity index (χ1n) is 8.35. The van der Waals surface area contributed by atoms with E-state index < -0.39 is 5.41 Å². The van der Waals surface area contributed by atoms with Crippen LogP contribution in [-0.4, -0.2) is 39.1 Å². The molecule has 0 heterocycles. The maximum atomic E-state index is 11.8. The van der Waals surface area contributed by atoms with Gasteiger partial charge in [0, 0.05) is 27.2 Å². The second-order valence-corrected chi connectivity index (χ2v) is 7.36. The lowest BCUT2D eigenvalue weighted by atomic mass is 9.87. The summed E-state index contributed by atoms with van der Waals surface area (Å²) in [6.07, 6.45) is 5.01. The third-order valence-corrected chi connectivity index (χ3v) is 3.95.